The number of methoxy groups -OCH3 is 1. The van der Waals surface area contributed by atoms with Gasteiger partial charge in [-0.2, -0.15) is 5.10 Å². The van der Waals surface area contributed by atoms with E-state index in [2.05, 4.69) is 12.0 Å². The number of nitrogens with zero attached hydrogens (tertiary/aromatic N) is 2. The van der Waals surface area contributed by atoms with Gasteiger partial charge in [-0.15, -0.1) is 11.6 Å². The van der Waals surface area contributed by atoms with Crippen LogP contribution in [0.15, 0.2) is 6.20 Å². The maximum Gasteiger partial charge on any atom is 0.159 e. The predicted octanol–water partition coefficient (Wildman–Crippen LogP) is 2.08. The Hall–Kier alpha value is -0.700. The van der Waals surface area contributed by atoms with Crippen LogP contribution in [-0.2, 0) is 13.0 Å². The first-order valence-electron chi connectivity index (χ1n) is 4.48. The lowest BCUT2D eigenvalue weighted by Gasteiger charge is -2.05. The Bertz CT molecular complexity index is 260. The molecule has 0 fully saturated rings. The summed E-state index contributed by atoms with van der Waals surface area (Å²) in [5.41, 5.74) is 1.10. The van der Waals surface area contributed by atoms with Crippen LogP contribution in [0.25, 0.3) is 0 Å². The molecule has 0 saturated heterocycles. The molecule has 0 aliphatic heterocycles. The lowest BCUT2D eigenvalue weighted by Crippen LogP contribution is -2.05. The first-order valence-corrected chi connectivity index (χ1v) is 5.01. The minimum atomic E-state index is 0.603. The van der Waals surface area contributed by atoms with Crippen molar-refractivity contribution in [2.45, 2.75) is 26.3 Å². The molecule has 0 unspecified atom stereocenters. The van der Waals surface area contributed by atoms with Gasteiger partial charge in [-0.1, -0.05) is 6.92 Å². The number of hydrogen-bond donors (Lipinski definition) is 0. The van der Waals surface area contributed by atoms with E-state index in [4.69, 9.17) is 16.3 Å². The number of aromatic nitrogens is 2. The van der Waals surface area contributed by atoms with Crippen LogP contribution in [0.2, 0.25) is 0 Å². The number of rotatable bonds is 5. The van der Waals surface area contributed by atoms with Crippen LogP contribution in [0.5, 0.6) is 5.75 Å². The molecule has 1 aromatic heterocycles. The largest absolute Gasteiger partial charge is 0.493 e. The SMILES string of the molecule is CCCn1ncc(OC)c1CCCl. The molecule has 0 aliphatic carbocycles. The Labute approximate surface area is 83.6 Å². The highest BCUT2D eigenvalue weighted by atomic mass is 35.5. The molecule has 3 nitrogen and oxygen atoms in total. The molecule has 0 aromatic carbocycles. The topological polar surface area (TPSA) is 27.1 Å². The minimum Gasteiger partial charge on any atom is -0.493 e. The molecule has 0 atom stereocenters. The highest BCUT2D eigenvalue weighted by molar-refractivity contribution is 6.17. The molecule has 0 bridgehead atoms. The average Bonchev–Trinajstić information content (AvgIpc) is 2.50. The summed E-state index contributed by atoms with van der Waals surface area (Å²) in [4.78, 5) is 0. The van der Waals surface area contributed by atoms with Crippen molar-refractivity contribution in [2.75, 3.05) is 13.0 Å². The second-order valence-corrected chi connectivity index (χ2v) is 3.20. The fourth-order valence-electron chi connectivity index (χ4n) is 1.31. The maximum atomic E-state index is 5.70. The van der Waals surface area contributed by atoms with Gasteiger partial charge in [0.05, 0.1) is 19.0 Å². The van der Waals surface area contributed by atoms with Crippen LogP contribution in [0.1, 0.15) is 19.0 Å². The number of ether oxygens (including phenoxy) is 1. The molecule has 4 heteroatoms. The number of hydrogen-bond acceptors (Lipinski definition) is 2. The number of aryl methyl sites for hydroxylation is 1. The lowest BCUT2D eigenvalue weighted by molar-refractivity contribution is 0.407. The molecule has 1 heterocycles. The van der Waals surface area contributed by atoms with E-state index in [1.807, 2.05) is 4.68 Å². The highest BCUT2D eigenvalue weighted by Gasteiger charge is 2.09. The first-order chi connectivity index (χ1) is 6.33. The molecule has 13 heavy (non-hydrogen) atoms. The standard InChI is InChI=1S/C9H15ClN2O/c1-3-6-12-8(4-5-10)9(13-2)7-11-12/h7H,3-6H2,1-2H3. The summed E-state index contributed by atoms with van der Waals surface area (Å²) in [6.45, 7) is 3.05. The van der Waals surface area contributed by atoms with Gasteiger partial charge >= 0.3 is 0 Å². The maximum absolute atomic E-state index is 5.70. The Morgan fingerprint density at radius 2 is 2.38 bits per heavy atom. The summed E-state index contributed by atoms with van der Waals surface area (Å²) in [7, 11) is 1.66. The second-order valence-electron chi connectivity index (χ2n) is 2.82. The van der Waals surface area contributed by atoms with E-state index in [1.54, 1.807) is 13.3 Å². The van der Waals surface area contributed by atoms with Gasteiger partial charge in [0.1, 0.15) is 0 Å². The number of halogens is 1. The Morgan fingerprint density at radius 3 is 2.92 bits per heavy atom. The molecular formula is C9H15ClN2O. The van der Waals surface area contributed by atoms with Crippen molar-refractivity contribution in [3.8, 4) is 5.75 Å². The third-order valence-corrected chi connectivity index (χ3v) is 2.09. The summed E-state index contributed by atoms with van der Waals surface area (Å²) in [5, 5.41) is 4.23. The molecular weight excluding hydrogens is 188 g/mol. The summed E-state index contributed by atoms with van der Waals surface area (Å²) >= 11 is 5.70. The molecule has 1 aromatic rings. The number of alkyl halides is 1. The van der Waals surface area contributed by atoms with E-state index in [9.17, 15) is 0 Å². The average molecular weight is 203 g/mol. The molecule has 0 N–H and O–H groups in total. The van der Waals surface area contributed by atoms with Gasteiger partial charge in [-0.25, -0.2) is 0 Å². The van der Waals surface area contributed by atoms with E-state index in [0.717, 1.165) is 30.8 Å². The van der Waals surface area contributed by atoms with Crippen LogP contribution in [0.4, 0.5) is 0 Å². The van der Waals surface area contributed by atoms with Gasteiger partial charge in [0.2, 0.25) is 0 Å². The van der Waals surface area contributed by atoms with Crippen molar-refractivity contribution in [2.24, 2.45) is 0 Å². The predicted molar refractivity (Wildman–Crippen MR) is 53.5 cm³/mol. The molecule has 0 spiro atoms. The quantitative estimate of drug-likeness (QED) is 0.684. The van der Waals surface area contributed by atoms with Gasteiger partial charge in [0.25, 0.3) is 0 Å². The molecule has 0 saturated carbocycles. The second kappa shape index (κ2) is 5.12. The van der Waals surface area contributed by atoms with Crippen molar-refractivity contribution in [3.05, 3.63) is 11.9 Å². The molecule has 1 rings (SSSR count). The fourth-order valence-corrected chi connectivity index (χ4v) is 1.49. The summed E-state index contributed by atoms with van der Waals surface area (Å²) in [6, 6.07) is 0. The van der Waals surface area contributed by atoms with Gasteiger partial charge in [-0.05, 0) is 6.42 Å². The van der Waals surface area contributed by atoms with E-state index in [0.29, 0.717) is 5.88 Å². The lowest BCUT2D eigenvalue weighted by atomic mass is 10.3. The Morgan fingerprint density at radius 1 is 1.62 bits per heavy atom. The van der Waals surface area contributed by atoms with Gasteiger partial charge < -0.3 is 4.74 Å². The van der Waals surface area contributed by atoms with Gasteiger partial charge in [0, 0.05) is 18.8 Å². The van der Waals surface area contributed by atoms with E-state index in [1.165, 1.54) is 0 Å². The zero-order valence-electron chi connectivity index (χ0n) is 8.09. The van der Waals surface area contributed by atoms with Crippen LogP contribution in [0.3, 0.4) is 0 Å². The van der Waals surface area contributed by atoms with Crippen molar-refractivity contribution < 1.29 is 4.74 Å². The Kier molecular flexibility index (Phi) is 4.09. The first kappa shape index (κ1) is 10.4. The van der Waals surface area contributed by atoms with E-state index in [-0.39, 0.29) is 0 Å². The third kappa shape index (κ3) is 2.37. The highest BCUT2D eigenvalue weighted by Crippen LogP contribution is 2.18. The normalized spacial score (nSPS) is 10.4. The van der Waals surface area contributed by atoms with Crippen molar-refractivity contribution in [1.82, 2.24) is 9.78 Å². The van der Waals surface area contributed by atoms with Gasteiger partial charge in [0.15, 0.2) is 5.75 Å². The van der Waals surface area contributed by atoms with Crippen LogP contribution >= 0.6 is 11.6 Å². The molecule has 0 aliphatic rings. The fraction of sp³-hybridized carbons (Fsp3) is 0.667. The summed E-state index contributed by atoms with van der Waals surface area (Å²) in [6.07, 6.45) is 3.63. The van der Waals surface area contributed by atoms with Crippen molar-refractivity contribution >= 4 is 11.6 Å². The van der Waals surface area contributed by atoms with E-state index >= 15 is 0 Å². The van der Waals surface area contributed by atoms with Crippen LogP contribution in [-0.4, -0.2) is 22.8 Å². The van der Waals surface area contributed by atoms with Crippen molar-refractivity contribution in [1.29, 1.82) is 0 Å². The third-order valence-electron chi connectivity index (χ3n) is 1.90. The summed E-state index contributed by atoms with van der Waals surface area (Å²) < 4.78 is 7.14. The molecule has 0 radical (unpaired) electrons. The van der Waals surface area contributed by atoms with Crippen LogP contribution in [0, 0.1) is 0 Å². The van der Waals surface area contributed by atoms with Crippen molar-refractivity contribution in [3.63, 3.8) is 0 Å². The van der Waals surface area contributed by atoms with E-state index < -0.39 is 0 Å². The monoisotopic (exact) mass is 202 g/mol. The van der Waals surface area contributed by atoms with Gasteiger partial charge in [-0.3, -0.25) is 4.68 Å². The molecule has 74 valence electrons. The smallest absolute Gasteiger partial charge is 0.159 e. The zero-order chi connectivity index (χ0) is 9.68. The minimum absolute atomic E-state index is 0.603. The Balaban J connectivity index is 2.85. The zero-order valence-corrected chi connectivity index (χ0v) is 8.84. The molecule has 0 amide bonds. The van der Waals surface area contributed by atoms with Crippen LogP contribution < -0.4 is 4.74 Å². The summed E-state index contributed by atoms with van der Waals surface area (Å²) in [5.74, 6) is 1.44.